The van der Waals surface area contributed by atoms with Crippen LogP contribution in [0.2, 0.25) is 0 Å². The third kappa shape index (κ3) is 2.63. The zero-order valence-corrected chi connectivity index (χ0v) is 10.6. The zero-order valence-electron chi connectivity index (χ0n) is 10.6. The fraction of sp³-hybridized carbons (Fsp3) is 0.571. The van der Waals surface area contributed by atoms with Gasteiger partial charge in [-0.15, -0.1) is 0 Å². The number of nitrogens with zero attached hydrogens (tertiary/aromatic N) is 1. The second-order valence-electron chi connectivity index (χ2n) is 4.88. The maximum Gasteiger partial charge on any atom is 0.0321 e. The average molecular weight is 218 g/mol. The topological polar surface area (TPSA) is 15.3 Å². The highest BCUT2D eigenvalue weighted by Gasteiger charge is 2.17. The first-order chi connectivity index (χ1) is 7.66. The maximum absolute atomic E-state index is 3.40. The van der Waals surface area contributed by atoms with Crippen LogP contribution in [0, 0.1) is 13.8 Å². The number of rotatable bonds is 2. The molecular formula is C14H22N2. The quantitative estimate of drug-likeness (QED) is 0.819. The monoisotopic (exact) mass is 218 g/mol. The van der Waals surface area contributed by atoms with Crippen LogP contribution in [0.1, 0.15) is 29.7 Å². The fourth-order valence-corrected chi connectivity index (χ4v) is 2.53. The van der Waals surface area contributed by atoms with E-state index in [1.165, 1.54) is 16.7 Å². The molecule has 1 aliphatic heterocycles. The first-order valence-electron chi connectivity index (χ1n) is 6.20. The Balaban J connectivity index is 2.15. The van der Waals surface area contributed by atoms with Gasteiger partial charge in [-0.05, 0) is 26.3 Å². The summed E-state index contributed by atoms with van der Waals surface area (Å²) in [6.07, 6.45) is 0. The van der Waals surface area contributed by atoms with E-state index in [-0.39, 0.29) is 0 Å². The number of hydrogen-bond donors (Lipinski definition) is 1. The molecule has 1 atom stereocenters. The third-order valence-corrected chi connectivity index (χ3v) is 3.43. The molecule has 0 radical (unpaired) electrons. The van der Waals surface area contributed by atoms with Crippen molar-refractivity contribution < 1.29 is 0 Å². The van der Waals surface area contributed by atoms with Gasteiger partial charge in [-0.2, -0.15) is 0 Å². The van der Waals surface area contributed by atoms with Crippen molar-refractivity contribution in [2.24, 2.45) is 0 Å². The highest BCUT2D eigenvalue weighted by atomic mass is 15.2. The van der Waals surface area contributed by atoms with Crippen molar-refractivity contribution in [3.8, 4) is 0 Å². The van der Waals surface area contributed by atoms with Crippen molar-refractivity contribution in [3.63, 3.8) is 0 Å². The van der Waals surface area contributed by atoms with Crippen LogP contribution in [0.5, 0.6) is 0 Å². The Morgan fingerprint density at radius 1 is 1.06 bits per heavy atom. The Labute approximate surface area is 98.7 Å². The molecular weight excluding hydrogens is 196 g/mol. The number of piperazine rings is 1. The van der Waals surface area contributed by atoms with Crippen LogP contribution in [-0.2, 0) is 0 Å². The van der Waals surface area contributed by atoms with E-state index in [0.717, 1.165) is 26.2 Å². The minimum absolute atomic E-state index is 0.542. The second-order valence-corrected chi connectivity index (χ2v) is 4.88. The highest BCUT2D eigenvalue weighted by molar-refractivity contribution is 5.30. The van der Waals surface area contributed by atoms with Crippen molar-refractivity contribution >= 4 is 0 Å². The number of benzene rings is 1. The van der Waals surface area contributed by atoms with Crippen LogP contribution in [0.15, 0.2) is 18.2 Å². The molecule has 1 aromatic carbocycles. The molecule has 2 heteroatoms. The summed E-state index contributed by atoms with van der Waals surface area (Å²) in [6, 6.07) is 7.42. The Kier molecular flexibility index (Phi) is 3.62. The van der Waals surface area contributed by atoms with Crippen LogP contribution >= 0.6 is 0 Å². The van der Waals surface area contributed by atoms with E-state index in [0.29, 0.717) is 6.04 Å². The summed E-state index contributed by atoms with van der Waals surface area (Å²) in [5, 5.41) is 3.40. The average Bonchev–Trinajstić information content (AvgIpc) is 2.28. The molecule has 0 bridgehead atoms. The van der Waals surface area contributed by atoms with Gasteiger partial charge in [0.1, 0.15) is 0 Å². The molecule has 1 heterocycles. The minimum Gasteiger partial charge on any atom is -0.314 e. The SMILES string of the molecule is Cc1cc(C)cc(C(C)N2CCNCC2)c1. The van der Waals surface area contributed by atoms with Crippen LogP contribution in [0.4, 0.5) is 0 Å². The smallest absolute Gasteiger partial charge is 0.0321 e. The van der Waals surface area contributed by atoms with Gasteiger partial charge in [0, 0.05) is 32.2 Å². The molecule has 2 rings (SSSR count). The van der Waals surface area contributed by atoms with Crippen molar-refractivity contribution in [1.82, 2.24) is 10.2 Å². The summed E-state index contributed by atoms with van der Waals surface area (Å²) >= 11 is 0. The van der Waals surface area contributed by atoms with Crippen molar-refractivity contribution in [2.45, 2.75) is 26.8 Å². The van der Waals surface area contributed by atoms with Gasteiger partial charge in [0.25, 0.3) is 0 Å². The molecule has 2 nitrogen and oxygen atoms in total. The normalized spacial score (nSPS) is 19.7. The van der Waals surface area contributed by atoms with E-state index in [2.05, 4.69) is 49.2 Å². The molecule has 0 amide bonds. The lowest BCUT2D eigenvalue weighted by atomic mass is 10.0. The van der Waals surface area contributed by atoms with Gasteiger partial charge in [0.15, 0.2) is 0 Å². The van der Waals surface area contributed by atoms with E-state index in [9.17, 15) is 0 Å². The van der Waals surface area contributed by atoms with E-state index in [1.807, 2.05) is 0 Å². The Morgan fingerprint density at radius 2 is 1.62 bits per heavy atom. The summed E-state index contributed by atoms with van der Waals surface area (Å²) in [4.78, 5) is 2.56. The first-order valence-corrected chi connectivity index (χ1v) is 6.20. The highest BCUT2D eigenvalue weighted by Crippen LogP contribution is 2.22. The summed E-state index contributed by atoms with van der Waals surface area (Å²) in [6.45, 7) is 11.2. The Bertz CT molecular complexity index is 334. The molecule has 1 N–H and O–H groups in total. The summed E-state index contributed by atoms with van der Waals surface area (Å²) in [5.41, 5.74) is 4.20. The number of aryl methyl sites for hydroxylation is 2. The zero-order chi connectivity index (χ0) is 11.5. The van der Waals surface area contributed by atoms with Crippen molar-refractivity contribution in [2.75, 3.05) is 26.2 Å². The van der Waals surface area contributed by atoms with Crippen LogP contribution in [-0.4, -0.2) is 31.1 Å². The summed E-state index contributed by atoms with van der Waals surface area (Å²) < 4.78 is 0. The molecule has 0 saturated carbocycles. The molecule has 0 aliphatic carbocycles. The van der Waals surface area contributed by atoms with E-state index >= 15 is 0 Å². The second kappa shape index (κ2) is 4.98. The van der Waals surface area contributed by atoms with Gasteiger partial charge >= 0.3 is 0 Å². The number of hydrogen-bond acceptors (Lipinski definition) is 2. The predicted molar refractivity (Wildman–Crippen MR) is 68.8 cm³/mol. The van der Waals surface area contributed by atoms with Crippen LogP contribution < -0.4 is 5.32 Å². The fourth-order valence-electron chi connectivity index (χ4n) is 2.53. The van der Waals surface area contributed by atoms with E-state index in [1.54, 1.807) is 0 Å². The van der Waals surface area contributed by atoms with Gasteiger partial charge in [-0.25, -0.2) is 0 Å². The van der Waals surface area contributed by atoms with Gasteiger partial charge in [0.05, 0.1) is 0 Å². The molecule has 1 saturated heterocycles. The molecule has 1 aliphatic rings. The molecule has 1 aromatic rings. The third-order valence-electron chi connectivity index (χ3n) is 3.43. The van der Waals surface area contributed by atoms with Crippen molar-refractivity contribution in [1.29, 1.82) is 0 Å². The van der Waals surface area contributed by atoms with Gasteiger partial charge in [-0.1, -0.05) is 29.3 Å². The molecule has 88 valence electrons. The van der Waals surface area contributed by atoms with E-state index < -0.39 is 0 Å². The van der Waals surface area contributed by atoms with Gasteiger partial charge < -0.3 is 5.32 Å². The lowest BCUT2D eigenvalue weighted by Crippen LogP contribution is -2.44. The van der Waals surface area contributed by atoms with Gasteiger partial charge in [0.2, 0.25) is 0 Å². The molecule has 0 aromatic heterocycles. The Hall–Kier alpha value is -0.860. The van der Waals surface area contributed by atoms with Crippen LogP contribution in [0.3, 0.4) is 0 Å². The summed E-state index contributed by atoms with van der Waals surface area (Å²) in [7, 11) is 0. The first kappa shape index (κ1) is 11.6. The lowest BCUT2D eigenvalue weighted by Gasteiger charge is -2.33. The van der Waals surface area contributed by atoms with Gasteiger partial charge in [-0.3, -0.25) is 4.90 Å². The lowest BCUT2D eigenvalue weighted by molar-refractivity contribution is 0.185. The minimum atomic E-state index is 0.542. The Morgan fingerprint density at radius 3 is 2.19 bits per heavy atom. The van der Waals surface area contributed by atoms with E-state index in [4.69, 9.17) is 0 Å². The molecule has 1 unspecified atom stereocenters. The molecule has 16 heavy (non-hydrogen) atoms. The maximum atomic E-state index is 3.40. The van der Waals surface area contributed by atoms with Crippen LogP contribution in [0.25, 0.3) is 0 Å². The standard InChI is InChI=1S/C14H22N2/c1-11-8-12(2)10-14(9-11)13(3)16-6-4-15-5-7-16/h8-10,13,15H,4-7H2,1-3H3. The number of nitrogens with one attached hydrogen (secondary N) is 1. The molecule has 1 fully saturated rings. The largest absolute Gasteiger partial charge is 0.314 e. The predicted octanol–water partition coefficient (Wildman–Crippen LogP) is 2.27. The van der Waals surface area contributed by atoms with Crippen molar-refractivity contribution in [3.05, 3.63) is 34.9 Å². The summed E-state index contributed by atoms with van der Waals surface area (Å²) in [5.74, 6) is 0. The molecule has 0 spiro atoms.